The van der Waals surface area contributed by atoms with Crippen molar-refractivity contribution in [2.75, 3.05) is 19.8 Å². The van der Waals surface area contributed by atoms with Gasteiger partial charge < -0.3 is 65.1 Å². The Morgan fingerprint density at radius 2 is 1.15 bits per heavy atom. The van der Waals surface area contributed by atoms with Crippen LogP contribution in [-0.2, 0) is 23.7 Å². The van der Waals surface area contributed by atoms with Crippen molar-refractivity contribution >= 4 is 5.91 Å². The summed E-state index contributed by atoms with van der Waals surface area (Å²) in [6, 6.07) is -0.824. The minimum Gasteiger partial charge on any atom is -0.394 e. The van der Waals surface area contributed by atoms with Gasteiger partial charge in [0, 0.05) is 6.42 Å². The Labute approximate surface area is 329 Å². The molecule has 0 aromatic carbocycles. The molecular formula is C41H77NO13. The largest absolute Gasteiger partial charge is 0.394 e. The lowest BCUT2D eigenvalue weighted by atomic mass is 9.97. The number of amides is 1. The van der Waals surface area contributed by atoms with Crippen LogP contribution in [0, 0.1) is 0 Å². The Balaban J connectivity index is 1.85. The molecule has 1 amide bonds. The molecular weight excluding hydrogens is 714 g/mol. The minimum atomic E-state index is -1.78. The van der Waals surface area contributed by atoms with E-state index in [1.807, 2.05) is 0 Å². The fourth-order valence-electron chi connectivity index (χ4n) is 7.11. The first-order chi connectivity index (χ1) is 26.6. The zero-order valence-corrected chi connectivity index (χ0v) is 33.7. The number of hydrogen-bond donors (Lipinski definition) is 9. The summed E-state index contributed by atoms with van der Waals surface area (Å²) in [5.74, 6) is -0.223. The fraction of sp³-hybridized carbons (Fsp3) is 0.927. The van der Waals surface area contributed by atoms with Crippen molar-refractivity contribution in [1.29, 1.82) is 0 Å². The van der Waals surface area contributed by atoms with Crippen LogP contribution < -0.4 is 5.32 Å². The summed E-state index contributed by atoms with van der Waals surface area (Å²) in [4.78, 5) is 13.0. The number of aliphatic hydroxyl groups is 8. The van der Waals surface area contributed by atoms with Gasteiger partial charge in [-0.15, -0.1) is 0 Å². The van der Waals surface area contributed by atoms with E-state index in [1.54, 1.807) is 0 Å². The van der Waals surface area contributed by atoms with E-state index >= 15 is 0 Å². The van der Waals surface area contributed by atoms with Crippen LogP contribution in [0.2, 0.25) is 0 Å². The third kappa shape index (κ3) is 18.9. The Bertz CT molecular complexity index is 988. The molecule has 0 radical (unpaired) electrons. The molecule has 324 valence electrons. The van der Waals surface area contributed by atoms with Crippen molar-refractivity contribution in [2.24, 2.45) is 0 Å². The van der Waals surface area contributed by atoms with Gasteiger partial charge in [0.1, 0.15) is 48.8 Å². The first-order valence-electron chi connectivity index (χ1n) is 21.4. The highest BCUT2D eigenvalue weighted by atomic mass is 16.7. The Morgan fingerprint density at radius 1 is 0.636 bits per heavy atom. The number of unbranched alkanes of at least 4 members (excludes halogenated alkanes) is 16. The third-order valence-corrected chi connectivity index (χ3v) is 10.7. The van der Waals surface area contributed by atoms with E-state index in [2.05, 4.69) is 31.3 Å². The van der Waals surface area contributed by atoms with Crippen LogP contribution in [0.1, 0.15) is 149 Å². The van der Waals surface area contributed by atoms with Gasteiger partial charge in [0.2, 0.25) is 5.91 Å². The SMILES string of the molecule is CCCCCCCC/C=C\CCCCCCCC(=O)NC(COC1OC(CO)C(OC2OC(CO)C(O)C(O)C2O)C(O)C1O)C(O)CCCCCCCC. The quantitative estimate of drug-likeness (QED) is 0.0364. The zero-order valence-electron chi connectivity index (χ0n) is 33.7. The predicted molar refractivity (Wildman–Crippen MR) is 208 cm³/mol. The second kappa shape index (κ2) is 29.9. The van der Waals surface area contributed by atoms with E-state index in [9.17, 15) is 45.6 Å². The fourth-order valence-corrected chi connectivity index (χ4v) is 7.11. The van der Waals surface area contributed by atoms with Crippen molar-refractivity contribution in [2.45, 2.75) is 222 Å². The molecule has 14 nitrogen and oxygen atoms in total. The van der Waals surface area contributed by atoms with Gasteiger partial charge in [0.15, 0.2) is 12.6 Å². The highest BCUT2D eigenvalue weighted by Gasteiger charge is 2.50. The number of hydrogen-bond acceptors (Lipinski definition) is 13. The monoisotopic (exact) mass is 792 g/mol. The van der Waals surface area contributed by atoms with Crippen LogP contribution in [0.15, 0.2) is 12.2 Å². The molecule has 2 fully saturated rings. The van der Waals surface area contributed by atoms with Gasteiger partial charge in [-0.2, -0.15) is 0 Å². The van der Waals surface area contributed by atoms with Gasteiger partial charge in [-0.25, -0.2) is 0 Å². The van der Waals surface area contributed by atoms with Crippen molar-refractivity contribution in [1.82, 2.24) is 5.32 Å². The smallest absolute Gasteiger partial charge is 0.220 e. The van der Waals surface area contributed by atoms with Crippen LogP contribution in [0.5, 0.6) is 0 Å². The topological polar surface area (TPSA) is 228 Å². The maximum atomic E-state index is 13.0. The molecule has 2 rings (SSSR count). The Kier molecular flexibility index (Phi) is 27.1. The van der Waals surface area contributed by atoms with Crippen molar-refractivity contribution < 1.29 is 64.6 Å². The normalized spacial score (nSPS) is 29.8. The molecule has 0 bridgehead atoms. The summed E-state index contributed by atoms with van der Waals surface area (Å²) in [6.07, 6.45) is 9.81. The van der Waals surface area contributed by atoms with Crippen LogP contribution in [0.25, 0.3) is 0 Å². The van der Waals surface area contributed by atoms with Gasteiger partial charge in [0.05, 0.1) is 32.0 Å². The minimum absolute atomic E-state index is 0.223. The maximum absolute atomic E-state index is 13.0. The number of allylic oxidation sites excluding steroid dienone is 2. The summed E-state index contributed by atoms with van der Waals surface area (Å²) in [7, 11) is 0. The highest BCUT2D eigenvalue weighted by molar-refractivity contribution is 5.76. The summed E-state index contributed by atoms with van der Waals surface area (Å²) < 4.78 is 22.6. The first kappa shape index (κ1) is 49.9. The number of aliphatic hydroxyl groups excluding tert-OH is 8. The molecule has 9 N–H and O–H groups in total. The molecule has 55 heavy (non-hydrogen) atoms. The summed E-state index contributed by atoms with van der Waals surface area (Å²) >= 11 is 0. The maximum Gasteiger partial charge on any atom is 0.220 e. The Morgan fingerprint density at radius 3 is 1.73 bits per heavy atom. The number of rotatable bonds is 31. The van der Waals surface area contributed by atoms with Gasteiger partial charge in [-0.05, 0) is 38.5 Å². The van der Waals surface area contributed by atoms with E-state index in [0.717, 1.165) is 77.0 Å². The summed E-state index contributed by atoms with van der Waals surface area (Å²) in [5.41, 5.74) is 0. The molecule has 2 saturated heterocycles. The van der Waals surface area contributed by atoms with E-state index < -0.39 is 86.8 Å². The summed E-state index contributed by atoms with van der Waals surface area (Å²) in [5, 5.41) is 86.1. The molecule has 14 heteroatoms. The van der Waals surface area contributed by atoms with Crippen molar-refractivity contribution in [3.05, 3.63) is 12.2 Å². The second-order valence-corrected chi connectivity index (χ2v) is 15.5. The van der Waals surface area contributed by atoms with Gasteiger partial charge in [-0.1, -0.05) is 116 Å². The van der Waals surface area contributed by atoms with E-state index in [1.165, 1.54) is 38.5 Å². The third-order valence-electron chi connectivity index (χ3n) is 10.7. The van der Waals surface area contributed by atoms with E-state index in [-0.39, 0.29) is 12.5 Å². The molecule has 2 aliphatic heterocycles. The van der Waals surface area contributed by atoms with Gasteiger partial charge in [-0.3, -0.25) is 4.79 Å². The second-order valence-electron chi connectivity index (χ2n) is 15.5. The molecule has 0 saturated carbocycles. The average molecular weight is 792 g/mol. The molecule has 0 aromatic heterocycles. The van der Waals surface area contributed by atoms with Crippen molar-refractivity contribution in [3.63, 3.8) is 0 Å². The van der Waals surface area contributed by atoms with Crippen LogP contribution in [-0.4, -0.2) is 140 Å². The zero-order chi connectivity index (χ0) is 40.4. The molecule has 2 aliphatic rings. The van der Waals surface area contributed by atoms with E-state index in [4.69, 9.17) is 18.9 Å². The van der Waals surface area contributed by atoms with Crippen LogP contribution in [0.4, 0.5) is 0 Å². The van der Waals surface area contributed by atoms with Gasteiger partial charge in [0.25, 0.3) is 0 Å². The molecule has 0 aromatic rings. The van der Waals surface area contributed by atoms with E-state index in [0.29, 0.717) is 19.3 Å². The number of carbonyl (C=O) groups is 1. The highest BCUT2D eigenvalue weighted by Crippen LogP contribution is 2.30. The first-order valence-corrected chi connectivity index (χ1v) is 21.4. The molecule has 12 unspecified atom stereocenters. The lowest BCUT2D eigenvalue weighted by Crippen LogP contribution is -2.65. The lowest BCUT2D eigenvalue weighted by molar-refractivity contribution is -0.359. The average Bonchev–Trinajstić information content (AvgIpc) is 3.18. The summed E-state index contributed by atoms with van der Waals surface area (Å²) in [6.45, 7) is 2.73. The van der Waals surface area contributed by atoms with Crippen molar-refractivity contribution in [3.8, 4) is 0 Å². The molecule has 2 heterocycles. The predicted octanol–water partition coefficient (Wildman–Crippen LogP) is 3.26. The number of ether oxygens (including phenoxy) is 4. The lowest BCUT2D eigenvalue weighted by Gasteiger charge is -2.46. The molecule has 0 spiro atoms. The number of carbonyl (C=O) groups excluding carboxylic acids is 1. The Hall–Kier alpha value is -1.27. The van der Waals surface area contributed by atoms with Gasteiger partial charge >= 0.3 is 0 Å². The molecule has 12 atom stereocenters. The van der Waals surface area contributed by atoms with Crippen LogP contribution >= 0.6 is 0 Å². The standard InChI is InChI=1S/C41H77NO13/c1-3-5-7-9-11-12-13-14-15-16-17-18-19-21-23-25-33(46)42-29(30(45)24-22-20-10-8-6-4-2)28-52-40-38(51)36(49)39(32(27-44)54-40)55-41-37(50)35(48)34(47)31(26-43)53-41/h14-15,29-32,34-41,43-45,47-51H,3-13,16-28H2,1-2H3,(H,42,46)/b15-14-. The van der Waals surface area contributed by atoms with Crippen LogP contribution in [0.3, 0.4) is 0 Å². The number of nitrogens with one attached hydrogen (secondary N) is 1. The molecule has 0 aliphatic carbocycles.